The van der Waals surface area contributed by atoms with Gasteiger partial charge in [-0.15, -0.1) is 0 Å². The molecule has 2 heterocycles. The lowest BCUT2D eigenvalue weighted by Gasteiger charge is -2.39. The fourth-order valence-corrected chi connectivity index (χ4v) is 4.50. The third kappa shape index (κ3) is 5.07. The number of nitrogens with one attached hydrogen (secondary N) is 2. The van der Waals surface area contributed by atoms with Gasteiger partial charge in [0, 0.05) is 29.7 Å². The number of aromatic nitrogens is 3. The largest absolute Gasteiger partial charge is 0.493 e. The zero-order chi connectivity index (χ0) is 23.5. The molecule has 0 spiro atoms. The zero-order valence-electron chi connectivity index (χ0n) is 20.0. The molecule has 2 aromatic heterocycles. The summed E-state index contributed by atoms with van der Waals surface area (Å²) < 4.78 is 11.7. The second kappa shape index (κ2) is 9.85. The highest BCUT2D eigenvalue weighted by atomic mass is 16.5. The van der Waals surface area contributed by atoms with Crippen molar-refractivity contribution in [2.24, 2.45) is 0 Å². The van der Waals surface area contributed by atoms with E-state index in [0.29, 0.717) is 23.6 Å². The van der Waals surface area contributed by atoms with Crippen molar-refractivity contribution < 1.29 is 9.47 Å². The van der Waals surface area contributed by atoms with Crippen molar-refractivity contribution in [2.75, 3.05) is 31.8 Å². The molecule has 0 atom stereocenters. The number of pyridine rings is 1. The molecule has 8 heteroatoms. The van der Waals surface area contributed by atoms with Gasteiger partial charge >= 0.3 is 0 Å². The number of aryl methyl sites for hydroxylation is 2. The number of ether oxygens (including phenoxy) is 2. The third-order valence-electron chi connectivity index (χ3n) is 6.61. The quantitative estimate of drug-likeness (QED) is 0.500. The Hall–Kier alpha value is -3.39. The van der Waals surface area contributed by atoms with E-state index in [1.807, 2.05) is 30.5 Å². The number of nitrogens with zero attached hydrogens (tertiary/aromatic N) is 4. The van der Waals surface area contributed by atoms with E-state index < -0.39 is 0 Å². The predicted octanol–water partition coefficient (Wildman–Crippen LogP) is 4.72. The highest BCUT2D eigenvalue weighted by Gasteiger charge is 2.32. The van der Waals surface area contributed by atoms with Crippen molar-refractivity contribution in [3.8, 4) is 11.5 Å². The van der Waals surface area contributed by atoms with E-state index in [-0.39, 0.29) is 6.10 Å². The lowest BCUT2D eigenvalue weighted by atomic mass is 9.88. The molecule has 3 aromatic rings. The van der Waals surface area contributed by atoms with E-state index in [4.69, 9.17) is 9.47 Å². The van der Waals surface area contributed by atoms with E-state index in [0.717, 1.165) is 42.8 Å². The van der Waals surface area contributed by atoms with Crippen molar-refractivity contribution in [1.29, 1.82) is 0 Å². The summed E-state index contributed by atoms with van der Waals surface area (Å²) in [5.74, 6) is 2.65. The van der Waals surface area contributed by atoms with Crippen molar-refractivity contribution in [1.82, 2.24) is 19.9 Å². The first kappa shape index (κ1) is 22.4. The fraction of sp³-hybridized carbons (Fsp3) is 0.423. The van der Waals surface area contributed by atoms with Crippen molar-refractivity contribution in [3.63, 3.8) is 0 Å². The fourth-order valence-electron chi connectivity index (χ4n) is 4.50. The van der Waals surface area contributed by atoms with Crippen LogP contribution in [0.1, 0.15) is 36.9 Å². The van der Waals surface area contributed by atoms with Crippen LogP contribution >= 0.6 is 0 Å². The van der Waals surface area contributed by atoms with Crippen LogP contribution in [-0.2, 0) is 12.8 Å². The normalized spacial score (nSPS) is 19.2. The lowest BCUT2D eigenvalue weighted by Crippen LogP contribution is -2.46. The molecule has 0 aliphatic heterocycles. The number of fused-ring (bicyclic) bond motifs is 1. The number of benzene rings is 1. The smallest absolute Gasteiger partial charge is 0.229 e. The van der Waals surface area contributed by atoms with E-state index in [1.54, 1.807) is 13.3 Å². The first-order chi connectivity index (χ1) is 16.6. The lowest BCUT2D eigenvalue weighted by molar-refractivity contribution is 0.0383. The Morgan fingerprint density at radius 3 is 2.62 bits per heavy atom. The summed E-state index contributed by atoms with van der Waals surface area (Å²) in [5, 5.41) is 6.62. The summed E-state index contributed by atoms with van der Waals surface area (Å²) in [6.45, 7) is 0. The van der Waals surface area contributed by atoms with Crippen LogP contribution in [0.25, 0.3) is 0 Å². The summed E-state index contributed by atoms with van der Waals surface area (Å²) in [5.41, 5.74) is 4.33. The molecular weight excluding hydrogens is 428 g/mol. The maximum atomic E-state index is 6.16. The molecule has 2 aliphatic rings. The van der Waals surface area contributed by atoms with Crippen LogP contribution in [-0.4, -0.2) is 53.2 Å². The van der Waals surface area contributed by atoms with Crippen LogP contribution in [0, 0.1) is 0 Å². The van der Waals surface area contributed by atoms with Gasteiger partial charge in [-0.1, -0.05) is 0 Å². The number of hydrogen-bond donors (Lipinski definition) is 2. The average Bonchev–Trinajstić information content (AvgIpc) is 2.81. The molecule has 0 saturated heterocycles. The minimum absolute atomic E-state index is 0.226. The van der Waals surface area contributed by atoms with Gasteiger partial charge in [-0.05, 0) is 82.4 Å². The van der Waals surface area contributed by atoms with Crippen LogP contribution in [0.5, 0.6) is 11.5 Å². The zero-order valence-corrected chi connectivity index (χ0v) is 20.0. The first-order valence-electron chi connectivity index (χ1n) is 11.9. The number of rotatable bonds is 8. The SMILES string of the molecule is COc1cc(Nc2nccc(Nc3cnc4c(c3)CCCC4)n2)ccc1OC1CC(N(C)C)C1. The summed E-state index contributed by atoms with van der Waals surface area (Å²) in [6, 6.07) is 10.4. The molecular formula is C26H32N6O2. The molecule has 178 valence electrons. The van der Waals surface area contributed by atoms with Crippen LogP contribution in [0.15, 0.2) is 42.7 Å². The van der Waals surface area contributed by atoms with Gasteiger partial charge in [-0.25, -0.2) is 4.98 Å². The predicted molar refractivity (Wildman–Crippen MR) is 134 cm³/mol. The summed E-state index contributed by atoms with van der Waals surface area (Å²) >= 11 is 0. The number of hydrogen-bond acceptors (Lipinski definition) is 8. The Labute approximate surface area is 200 Å². The maximum Gasteiger partial charge on any atom is 0.229 e. The molecule has 2 N–H and O–H groups in total. The van der Waals surface area contributed by atoms with Gasteiger partial charge in [-0.2, -0.15) is 4.98 Å². The molecule has 0 amide bonds. The number of anilines is 4. The van der Waals surface area contributed by atoms with Gasteiger partial charge in [0.15, 0.2) is 11.5 Å². The molecule has 0 unspecified atom stereocenters. The summed E-state index contributed by atoms with van der Waals surface area (Å²) in [6.07, 6.45) is 10.5. The van der Waals surface area contributed by atoms with Crippen molar-refractivity contribution in [2.45, 2.75) is 50.7 Å². The van der Waals surface area contributed by atoms with E-state index >= 15 is 0 Å². The minimum atomic E-state index is 0.226. The molecule has 34 heavy (non-hydrogen) atoms. The van der Waals surface area contributed by atoms with Crippen LogP contribution in [0.2, 0.25) is 0 Å². The van der Waals surface area contributed by atoms with E-state index in [9.17, 15) is 0 Å². The van der Waals surface area contributed by atoms with Gasteiger partial charge < -0.3 is 25.0 Å². The molecule has 1 aromatic carbocycles. The van der Waals surface area contributed by atoms with Gasteiger partial charge in [0.25, 0.3) is 0 Å². The molecule has 2 aliphatic carbocycles. The van der Waals surface area contributed by atoms with Gasteiger partial charge in [0.05, 0.1) is 19.0 Å². The molecule has 1 fully saturated rings. The number of methoxy groups -OCH3 is 1. The Morgan fingerprint density at radius 2 is 1.79 bits per heavy atom. The summed E-state index contributed by atoms with van der Waals surface area (Å²) in [7, 11) is 5.87. The Bertz CT molecular complexity index is 1150. The highest BCUT2D eigenvalue weighted by Crippen LogP contribution is 2.36. The maximum absolute atomic E-state index is 6.16. The molecule has 1 saturated carbocycles. The van der Waals surface area contributed by atoms with Crippen LogP contribution < -0.4 is 20.1 Å². The Morgan fingerprint density at radius 1 is 0.941 bits per heavy atom. The first-order valence-corrected chi connectivity index (χ1v) is 11.9. The standard InChI is InChI=1S/C26H32N6O2/c1-32(2)20-14-21(15-20)34-23-9-8-18(13-24(23)33-3)30-26-27-11-10-25(31-26)29-19-12-17-6-4-5-7-22(17)28-16-19/h8-13,16,20-21H,4-7,14-15H2,1-3H3,(H2,27,29,30,31). The second-order valence-electron chi connectivity index (χ2n) is 9.25. The van der Waals surface area contributed by atoms with E-state index in [1.165, 1.54) is 24.1 Å². The molecule has 5 rings (SSSR count). The van der Waals surface area contributed by atoms with E-state index in [2.05, 4.69) is 50.6 Å². The van der Waals surface area contributed by atoms with Gasteiger partial charge in [0.2, 0.25) is 5.95 Å². The molecule has 0 bridgehead atoms. The van der Waals surface area contributed by atoms with Crippen LogP contribution in [0.3, 0.4) is 0 Å². The van der Waals surface area contributed by atoms with Gasteiger partial charge in [-0.3, -0.25) is 4.98 Å². The van der Waals surface area contributed by atoms with Crippen LogP contribution in [0.4, 0.5) is 23.1 Å². The molecule has 8 nitrogen and oxygen atoms in total. The third-order valence-corrected chi connectivity index (χ3v) is 6.61. The van der Waals surface area contributed by atoms with Crippen molar-refractivity contribution >= 4 is 23.1 Å². The monoisotopic (exact) mass is 460 g/mol. The molecule has 0 radical (unpaired) electrons. The summed E-state index contributed by atoms with van der Waals surface area (Å²) in [4.78, 5) is 15.8. The minimum Gasteiger partial charge on any atom is -0.493 e. The average molecular weight is 461 g/mol. The van der Waals surface area contributed by atoms with Gasteiger partial charge in [0.1, 0.15) is 11.9 Å². The topological polar surface area (TPSA) is 84.4 Å². The second-order valence-corrected chi connectivity index (χ2v) is 9.25. The Balaban J connectivity index is 1.24. The highest BCUT2D eigenvalue weighted by molar-refractivity contribution is 5.62. The van der Waals surface area contributed by atoms with Crippen molar-refractivity contribution in [3.05, 3.63) is 54.0 Å². The Kier molecular flexibility index (Phi) is 6.49.